The van der Waals surface area contributed by atoms with Crippen molar-refractivity contribution >= 4 is 38.8 Å². The van der Waals surface area contributed by atoms with E-state index in [1.807, 2.05) is 54.6 Å². The lowest BCUT2D eigenvalue weighted by atomic mass is 10.2. The summed E-state index contributed by atoms with van der Waals surface area (Å²) in [4.78, 5) is 18.8. The van der Waals surface area contributed by atoms with Gasteiger partial charge in [0.2, 0.25) is 0 Å². The van der Waals surface area contributed by atoms with Crippen LogP contribution in [0.15, 0.2) is 60.7 Å². The van der Waals surface area contributed by atoms with Gasteiger partial charge in [0.05, 0.1) is 26.5 Å². The number of ether oxygens (including phenoxy) is 2. The highest BCUT2D eigenvalue weighted by Gasteiger charge is 2.22. The molecule has 1 amide bonds. The van der Waals surface area contributed by atoms with Crippen molar-refractivity contribution in [3.8, 4) is 21.4 Å². The molecule has 1 aliphatic heterocycles. The van der Waals surface area contributed by atoms with E-state index in [0.29, 0.717) is 23.8 Å². The molecule has 1 aliphatic rings. The highest BCUT2D eigenvalue weighted by atomic mass is 32.1. The van der Waals surface area contributed by atoms with Crippen LogP contribution in [0.2, 0.25) is 0 Å². The molecule has 0 spiro atoms. The number of benzene rings is 2. The number of thiophene rings is 1. The number of hydrogen-bond acceptors (Lipinski definition) is 6. The molecule has 0 radical (unpaired) electrons. The van der Waals surface area contributed by atoms with Crippen molar-refractivity contribution in [2.75, 3.05) is 13.2 Å². The molecular formula is C21H16N2O3S2. The Balaban J connectivity index is 1.24. The average Bonchev–Trinajstić information content (AvgIpc) is 3.39. The minimum absolute atomic E-state index is 0.111. The molecule has 140 valence electrons. The Bertz CT molecular complexity index is 1120. The molecular weight excluding hydrogens is 392 g/mol. The summed E-state index contributed by atoms with van der Waals surface area (Å²) in [5, 5.41) is 3.88. The smallest absolute Gasteiger partial charge is 0.261 e. The van der Waals surface area contributed by atoms with Crippen molar-refractivity contribution in [1.29, 1.82) is 0 Å². The standard InChI is InChI=1S/C21H16N2O3S2/c24-20(22-11-13-12-25-15-6-2-3-7-16(15)26-13)18-9-10-19(27-18)21-23-14-5-1-4-8-17(14)28-21/h1-10,13H,11-12H2,(H,22,24)/t13-/m1/s1. The maximum absolute atomic E-state index is 12.5. The Kier molecular flexibility index (Phi) is 4.46. The Labute approximate surface area is 169 Å². The van der Waals surface area contributed by atoms with E-state index in [4.69, 9.17) is 9.47 Å². The fourth-order valence-corrected chi connectivity index (χ4v) is 4.95. The molecule has 0 fully saturated rings. The lowest BCUT2D eigenvalue weighted by Gasteiger charge is -2.26. The number of amides is 1. The molecule has 2 aromatic heterocycles. The van der Waals surface area contributed by atoms with Crippen LogP contribution in [-0.2, 0) is 0 Å². The van der Waals surface area contributed by atoms with Crippen LogP contribution >= 0.6 is 22.7 Å². The molecule has 28 heavy (non-hydrogen) atoms. The van der Waals surface area contributed by atoms with E-state index in [2.05, 4.69) is 16.4 Å². The quantitative estimate of drug-likeness (QED) is 0.536. The first-order valence-corrected chi connectivity index (χ1v) is 10.5. The molecule has 1 atom stereocenters. The van der Waals surface area contributed by atoms with Gasteiger partial charge in [-0.2, -0.15) is 0 Å². The SMILES string of the molecule is O=C(NC[C@@H]1COc2ccccc2O1)c1ccc(-c2nc3ccccc3s2)s1. The Morgan fingerprint density at radius 2 is 1.86 bits per heavy atom. The van der Waals surface area contributed by atoms with Gasteiger partial charge in [-0.15, -0.1) is 22.7 Å². The van der Waals surface area contributed by atoms with E-state index >= 15 is 0 Å². The molecule has 0 saturated heterocycles. The average molecular weight is 409 g/mol. The summed E-state index contributed by atoms with van der Waals surface area (Å²) in [6, 6.07) is 19.4. The first kappa shape index (κ1) is 17.2. The number of carbonyl (C=O) groups is 1. The summed E-state index contributed by atoms with van der Waals surface area (Å²) >= 11 is 3.08. The van der Waals surface area contributed by atoms with Gasteiger partial charge in [0.1, 0.15) is 17.7 Å². The Hall–Kier alpha value is -2.90. The minimum Gasteiger partial charge on any atom is -0.486 e. The lowest BCUT2D eigenvalue weighted by Crippen LogP contribution is -2.40. The van der Waals surface area contributed by atoms with Crippen molar-refractivity contribution < 1.29 is 14.3 Å². The Morgan fingerprint density at radius 1 is 1.04 bits per heavy atom. The first-order valence-electron chi connectivity index (χ1n) is 8.89. The Morgan fingerprint density at radius 3 is 2.75 bits per heavy atom. The number of hydrogen-bond donors (Lipinski definition) is 1. The van der Waals surface area contributed by atoms with Gasteiger partial charge >= 0.3 is 0 Å². The molecule has 4 aromatic rings. The van der Waals surface area contributed by atoms with Crippen molar-refractivity contribution in [2.45, 2.75) is 6.10 Å². The van der Waals surface area contributed by atoms with Gasteiger partial charge in [-0.05, 0) is 36.4 Å². The number of nitrogens with zero attached hydrogens (tertiary/aromatic N) is 1. The number of rotatable bonds is 4. The molecule has 2 aromatic carbocycles. The van der Waals surface area contributed by atoms with Crippen LogP contribution in [0.5, 0.6) is 11.5 Å². The molecule has 0 saturated carbocycles. The van der Waals surface area contributed by atoms with Crippen LogP contribution in [0.1, 0.15) is 9.67 Å². The van der Waals surface area contributed by atoms with E-state index < -0.39 is 0 Å². The lowest BCUT2D eigenvalue weighted by molar-refractivity contribution is 0.0791. The van der Waals surface area contributed by atoms with Crippen LogP contribution in [0.4, 0.5) is 0 Å². The fourth-order valence-electron chi connectivity index (χ4n) is 3.01. The summed E-state index contributed by atoms with van der Waals surface area (Å²) < 4.78 is 12.7. The first-order chi connectivity index (χ1) is 13.8. The van der Waals surface area contributed by atoms with Crippen molar-refractivity contribution in [2.24, 2.45) is 0 Å². The van der Waals surface area contributed by atoms with E-state index in [1.165, 1.54) is 11.3 Å². The molecule has 0 aliphatic carbocycles. The zero-order valence-electron chi connectivity index (χ0n) is 14.8. The molecule has 0 bridgehead atoms. The number of carbonyl (C=O) groups excluding carboxylic acids is 1. The van der Waals surface area contributed by atoms with Gasteiger partial charge in [-0.3, -0.25) is 4.79 Å². The third kappa shape index (κ3) is 3.34. The van der Waals surface area contributed by atoms with Crippen molar-refractivity contribution in [1.82, 2.24) is 10.3 Å². The van der Waals surface area contributed by atoms with E-state index in [-0.39, 0.29) is 12.0 Å². The molecule has 7 heteroatoms. The number of aromatic nitrogens is 1. The highest BCUT2D eigenvalue weighted by molar-refractivity contribution is 7.26. The van der Waals surface area contributed by atoms with Crippen LogP contribution in [0.3, 0.4) is 0 Å². The second-order valence-electron chi connectivity index (χ2n) is 6.36. The number of para-hydroxylation sites is 3. The number of thiazole rings is 1. The summed E-state index contributed by atoms with van der Waals surface area (Å²) in [6.07, 6.45) is -0.206. The predicted molar refractivity (Wildman–Crippen MR) is 112 cm³/mol. The van der Waals surface area contributed by atoms with Gasteiger partial charge in [-0.25, -0.2) is 4.98 Å². The highest BCUT2D eigenvalue weighted by Crippen LogP contribution is 2.34. The van der Waals surface area contributed by atoms with Crippen molar-refractivity contribution in [3.05, 3.63) is 65.5 Å². The second kappa shape index (κ2) is 7.26. The number of nitrogens with one attached hydrogen (secondary N) is 1. The third-order valence-corrected chi connectivity index (χ3v) is 6.68. The van der Waals surface area contributed by atoms with Crippen LogP contribution < -0.4 is 14.8 Å². The summed E-state index contributed by atoms with van der Waals surface area (Å²) in [5.41, 5.74) is 0.983. The maximum Gasteiger partial charge on any atom is 0.261 e. The zero-order chi connectivity index (χ0) is 18.9. The molecule has 0 unspecified atom stereocenters. The molecule has 3 heterocycles. The van der Waals surface area contributed by atoms with E-state index in [1.54, 1.807) is 11.3 Å². The van der Waals surface area contributed by atoms with Crippen LogP contribution in [0, 0.1) is 0 Å². The van der Waals surface area contributed by atoms with Gasteiger partial charge in [0.25, 0.3) is 5.91 Å². The summed E-state index contributed by atoms with van der Waals surface area (Å²) in [6.45, 7) is 0.806. The normalized spacial score (nSPS) is 15.5. The zero-order valence-corrected chi connectivity index (χ0v) is 16.4. The van der Waals surface area contributed by atoms with Gasteiger partial charge in [-0.1, -0.05) is 24.3 Å². The van der Waals surface area contributed by atoms with E-state index in [9.17, 15) is 4.79 Å². The van der Waals surface area contributed by atoms with Gasteiger partial charge in [0, 0.05) is 0 Å². The third-order valence-electron chi connectivity index (χ3n) is 4.39. The molecule has 5 rings (SSSR count). The van der Waals surface area contributed by atoms with Gasteiger partial charge in [0.15, 0.2) is 11.5 Å². The predicted octanol–water partition coefficient (Wildman–Crippen LogP) is 4.59. The van der Waals surface area contributed by atoms with Crippen molar-refractivity contribution in [3.63, 3.8) is 0 Å². The van der Waals surface area contributed by atoms with Crippen LogP contribution in [-0.4, -0.2) is 30.1 Å². The summed E-state index contributed by atoms with van der Waals surface area (Å²) in [7, 11) is 0. The maximum atomic E-state index is 12.5. The topological polar surface area (TPSA) is 60.5 Å². The summed E-state index contributed by atoms with van der Waals surface area (Å²) in [5.74, 6) is 1.34. The fraction of sp³-hybridized carbons (Fsp3) is 0.143. The number of fused-ring (bicyclic) bond motifs is 2. The largest absolute Gasteiger partial charge is 0.486 e. The second-order valence-corrected chi connectivity index (χ2v) is 8.47. The van der Waals surface area contributed by atoms with Crippen LogP contribution in [0.25, 0.3) is 20.1 Å². The monoisotopic (exact) mass is 408 g/mol. The van der Waals surface area contributed by atoms with E-state index in [0.717, 1.165) is 25.9 Å². The minimum atomic E-state index is -0.206. The molecule has 1 N–H and O–H groups in total. The molecule has 5 nitrogen and oxygen atoms in total. The van der Waals surface area contributed by atoms with Gasteiger partial charge < -0.3 is 14.8 Å².